The summed E-state index contributed by atoms with van der Waals surface area (Å²) >= 11 is 1.13. The number of methoxy groups -OCH3 is 1. The molecule has 1 saturated heterocycles. The lowest BCUT2D eigenvalue weighted by Gasteiger charge is -2.43. The topological polar surface area (TPSA) is 678 Å². The van der Waals surface area contributed by atoms with E-state index in [1.807, 2.05) is 36.4 Å². The van der Waals surface area contributed by atoms with E-state index in [2.05, 4.69) is 42.4 Å². The summed E-state index contributed by atoms with van der Waals surface area (Å²) in [5, 5.41) is 121. The zero-order chi connectivity index (χ0) is 104. The summed E-state index contributed by atoms with van der Waals surface area (Å²) in [6.07, 6.45) is -6.68. The highest BCUT2D eigenvalue weighted by atomic mass is 32.2. The number of carboxylic acid groups (broad SMARTS) is 4. The van der Waals surface area contributed by atoms with E-state index < -0.39 is 256 Å². The summed E-state index contributed by atoms with van der Waals surface area (Å²) in [5.74, 6) is -21.5. The molecule has 0 radical (unpaired) electrons. The number of aliphatic carboxylic acids is 4. The smallest absolute Gasteiger partial charge is 0.407 e. The van der Waals surface area contributed by atoms with Crippen LogP contribution in [0, 0.1) is 41.4 Å². The number of nitrogens with zero attached hydrogens (tertiary/aromatic N) is 1. The molecule has 43 nitrogen and oxygen atoms in total. The summed E-state index contributed by atoms with van der Waals surface area (Å²) in [4.78, 5) is 185. The van der Waals surface area contributed by atoms with Gasteiger partial charge in [-0.25, -0.2) is 18.6 Å². The Kier molecular flexibility index (Phi) is 46.4. The number of thioether (sulfide) groups is 1. The number of aliphatic hydroxyl groups excluding tert-OH is 2. The summed E-state index contributed by atoms with van der Waals surface area (Å²) in [6.45, 7) is 6.92. The minimum atomic E-state index is -3.65. The molecule has 1 aliphatic heterocycles. The number of phenolic OH excluding ortho intramolecular Hbond substituents is 2. The Hall–Kier alpha value is -11.2. The highest BCUT2D eigenvalue weighted by Gasteiger charge is 2.51. The van der Waals surface area contributed by atoms with Crippen LogP contribution >= 0.6 is 11.8 Å². The lowest BCUT2D eigenvalue weighted by atomic mass is 9.71. The van der Waals surface area contributed by atoms with Gasteiger partial charge in [-0.05, 0) is 129 Å². The van der Waals surface area contributed by atoms with Crippen molar-refractivity contribution in [1.82, 2.24) is 37.3 Å². The van der Waals surface area contributed by atoms with Gasteiger partial charge >= 0.3 is 30.0 Å². The first kappa shape index (κ1) is 116. The van der Waals surface area contributed by atoms with Crippen LogP contribution in [0.2, 0.25) is 0 Å². The molecule has 15 atom stereocenters. The van der Waals surface area contributed by atoms with Crippen LogP contribution in [-0.4, -0.2) is 315 Å². The van der Waals surface area contributed by atoms with Gasteiger partial charge in [-0.3, -0.25) is 57.5 Å². The molecule has 1 fully saturated rings. The number of aldehydes is 1. The van der Waals surface area contributed by atoms with Crippen molar-refractivity contribution in [2.45, 2.75) is 192 Å². The van der Waals surface area contributed by atoms with Crippen molar-refractivity contribution in [3.8, 4) is 17.2 Å². The van der Waals surface area contributed by atoms with E-state index >= 15 is 4.79 Å². The molecular weight excluding hydrogens is 1900 g/mol. The zero-order valence-corrected chi connectivity index (χ0v) is 82.6. The number of carbonyl (C=O) groups is 14. The number of amides is 7. The third kappa shape index (κ3) is 34.5. The number of hydrogen-bond acceptors (Lipinski definition) is 33. The van der Waals surface area contributed by atoms with Crippen LogP contribution in [0.15, 0.2) is 59.7 Å². The number of ether oxygens (including phenoxy) is 8. The number of aromatic hydroxyl groups is 2. The van der Waals surface area contributed by atoms with Gasteiger partial charge in [0.1, 0.15) is 35.7 Å². The summed E-state index contributed by atoms with van der Waals surface area (Å²) in [5.41, 5.74) is 13.8. The van der Waals surface area contributed by atoms with Crippen molar-refractivity contribution < 1.29 is 159 Å². The fraction of sp³-hybridized carbons (Fsp3) is 0.598. The number of carbonyl (C=O) groups excluding carboxylic acids is 10. The molecule has 15 unspecified atom stereocenters. The number of fused-ring (bicyclic) bond motifs is 5. The highest BCUT2D eigenvalue weighted by molar-refractivity contribution is 8.00. The molecule has 7 amide bonds. The van der Waals surface area contributed by atoms with E-state index in [9.17, 15) is 117 Å². The average Bonchev–Trinajstić information content (AvgIpc) is 0.707. The summed E-state index contributed by atoms with van der Waals surface area (Å²) in [6, 6.07) is 13.9. The van der Waals surface area contributed by atoms with Crippen LogP contribution < -0.4 is 53.5 Å². The van der Waals surface area contributed by atoms with Crippen molar-refractivity contribution in [1.29, 1.82) is 0 Å². The average molecular weight is 2030 g/mol. The molecule has 142 heavy (non-hydrogen) atoms. The Labute approximate surface area is 827 Å². The Morgan fingerprint density at radius 2 is 1.13 bits per heavy atom. The van der Waals surface area contributed by atoms with E-state index in [4.69, 9.17) is 49.4 Å². The number of alkyl carbamates (subject to hydrolysis) is 1. The first-order valence-corrected chi connectivity index (χ1v) is 50.5. The van der Waals surface area contributed by atoms with Crippen molar-refractivity contribution in [2.75, 3.05) is 135 Å². The maximum atomic E-state index is 15.3. The largest absolute Gasteiger partial charge is 0.507 e. The van der Waals surface area contributed by atoms with Gasteiger partial charge < -0.3 is 132 Å². The minimum absolute atomic E-state index is 0.00932. The molecular formula is C97H136N10O33S2. The minimum Gasteiger partial charge on any atom is -0.507 e. The molecule has 0 saturated carbocycles. The van der Waals surface area contributed by atoms with Crippen LogP contribution in [0.3, 0.4) is 0 Å². The van der Waals surface area contributed by atoms with Crippen molar-refractivity contribution in [3.05, 3.63) is 121 Å². The Bertz CT molecular complexity index is 5190. The quantitative estimate of drug-likeness (QED) is 0.00874. The lowest BCUT2D eigenvalue weighted by molar-refractivity contribution is -0.245. The number of hydrazone groups is 1. The zero-order valence-electron chi connectivity index (χ0n) is 80.9. The van der Waals surface area contributed by atoms with Gasteiger partial charge in [0.2, 0.25) is 41.2 Å². The number of sulfone groups is 1. The van der Waals surface area contributed by atoms with Crippen molar-refractivity contribution >= 4 is 111 Å². The van der Waals surface area contributed by atoms with Gasteiger partial charge in [0.25, 0.3) is 0 Å². The third-order valence-electron chi connectivity index (χ3n) is 25.7. The molecule has 8 rings (SSSR count). The first-order valence-electron chi connectivity index (χ1n) is 47.5. The molecule has 0 aromatic heterocycles. The molecule has 784 valence electrons. The Balaban J connectivity index is 1.02. The normalized spacial score (nSPS) is 19.3. The molecule has 20 N–H and O–H groups in total. The predicted molar refractivity (Wildman–Crippen MR) is 513 cm³/mol. The molecule has 45 heteroatoms. The summed E-state index contributed by atoms with van der Waals surface area (Å²) in [7, 11) is -2.39. The number of benzene rings is 4. The Morgan fingerprint density at radius 3 is 1.66 bits per heavy atom. The van der Waals surface area contributed by atoms with Gasteiger partial charge in [-0.15, -0.1) is 0 Å². The molecule has 4 aromatic rings. The fourth-order valence-electron chi connectivity index (χ4n) is 17.8. The number of hydrogen-bond donors (Lipinski definition) is 18. The molecule has 4 aliphatic rings. The molecule has 3 aliphatic carbocycles. The number of aliphatic hydroxyl groups is 3. The predicted octanol–water partition coefficient (Wildman–Crippen LogP) is 2.58. The number of ketones is 2. The monoisotopic (exact) mass is 2030 g/mol. The molecule has 4 aromatic carbocycles. The SMILES string of the molecule is COc1cccc2c1C(=O)c1c(O)c3c(c(O)c1C2=O)CC(O)(/C(CO)=N/NC(=O)CCNC(=O)C(CC(CC(CC(C)C(=O)O)c1ccc2c(c1)CCc1ccc(C(CC(C)C(=O)O)CC(C)C(=O)O)cc1CC2)C(=O)O)CC(CC(C)C(=O)NCCOCCOCCNC(=O)OCCS(=O)(=O)CCSCC(C=O)NC(=O)CN)C(=O)NCCOCCOCCNC(C)=O)CC3OC1CC(N)C(O)C(C)O1. The number of carboxylic acids is 4. The maximum Gasteiger partial charge on any atom is 0.407 e. The maximum absolute atomic E-state index is 15.3. The fourth-order valence-corrected chi connectivity index (χ4v) is 20.4. The number of aryl methyl sites for hydroxylation is 4. The second kappa shape index (κ2) is 56.7. The first-order chi connectivity index (χ1) is 67.5. The second-order valence-corrected chi connectivity index (χ2v) is 39.8. The molecule has 1 heterocycles. The standard InChI is InChI=1S/C97H136N10O33S2/c1-53(89(118)102-22-26-135-31-32-137-28-24-104-96(129)138-33-35-142(131,132)36-34-141-52-70(50-108)105-78(112)49-98)37-67(90(119)103-23-27-136-30-29-134-25-21-100-58(6)110)44-68(45-69(95(127)128)43-66(40-56(4)94(125)126)64-18-14-60-11-15-61-41-63(17-13-59(61)12-16-62(60)42-64)65(38-54(2)92(121)122)39-55(3)93(123)124)91(120)101-20-19-77(111)107-106-76(51-109)97(130)47-72-81(75(48-97)140-79-46-73(99)84(113)57(5)139-79)88(117)83-82(86(72)115)85(114)71-9-8-10-74(133-7)80(71)87(83)116/h8-10,13-14,17-18,41-42,50,53-57,65-70,73,75,79,84,109,113,115,117,130H,11-12,15-16,19-40,43-49,51-52,98-99H2,1-7H3,(H,100,110)(H,101,120)(H,102,118)(H,103,119)(H,104,129)(H,105,112)(H,107,111)(H,121,122)(H,123,124)(H,125,126)(H,127,128)/b106-76+. The number of nitrogens with one attached hydrogen (secondary N) is 7. The molecule has 0 spiro atoms. The number of nitrogens with two attached hydrogens (primary N) is 2. The van der Waals surface area contributed by atoms with Gasteiger partial charge in [0.05, 0.1) is 155 Å². The van der Waals surface area contributed by atoms with E-state index in [0.29, 0.717) is 37.5 Å². The lowest BCUT2D eigenvalue weighted by Crippen LogP contribution is -2.53. The van der Waals surface area contributed by atoms with Gasteiger partial charge in [-0.2, -0.15) is 16.9 Å². The Morgan fingerprint density at radius 1 is 0.613 bits per heavy atom. The van der Waals surface area contributed by atoms with Crippen LogP contribution in [0.1, 0.15) is 200 Å². The van der Waals surface area contributed by atoms with Gasteiger partial charge in [0, 0.05) is 117 Å². The van der Waals surface area contributed by atoms with E-state index in [1.54, 1.807) is 13.8 Å². The van der Waals surface area contributed by atoms with Gasteiger partial charge in [-0.1, -0.05) is 76.2 Å². The number of phenols is 2. The van der Waals surface area contributed by atoms with E-state index in [-0.39, 0.29) is 181 Å². The second-order valence-electron chi connectivity index (χ2n) is 36.3. The van der Waals surface area contributed by atoms with Crippen molar-refractivity contribution in [2.24, 2.45) is 58.0 Å². The van der Waals surface area contributed by atoms with E-state index in [1.165, 1.54) is 53.0 Å². The molecule has 0 bridgehead atoms. The third-order valence-corrected chi connectivity index (χ3v) is 28.7. The summed E-state index contributed by atoms with van der Waals surface area (Å²) < 4.78 is 70.3. The van der Waals surface area contributed by atoms with E-state index in [0.717, 1.165) is 39.6 Å². The van der Waals surface area contributed by atoms with Gasteiger partial charge in [0.15, 0.2) is 21.9 Å². The highest BCUT2D eigenvalue weighted by Crippen LogP contribution is 2.53. The van der Waals surface area contributed by atoms with Crippen LogP contribution in [0.4, 0.5) is 4.79 Å². The van der Waals surface area contributed by atoms with Crippen LogP contribution in [-0.2, 0) is 128 Å². The van der Waals surface area contributed by atoms with Crippen molar-refractivity contribution in [3.63, 3.8) is 0 Å². The number of rotatable bonds is 61. The van der Waals surface area contributed by atoms with Crippen LogP contribution in [0.25, 0.3) is 0 Å². The van der Waals surface area contributed by atoms with Crippen LogP contribution in [0.5, 0.6) is 17.2 Å².